The Kier molecular flexibility index (Phi) is 7.16. The topological polar surface area (TPSA) is 51.8 Å². The van der Waals surface area contributed by atoms with E-state index in [0.717, 1.165) is 60.9 Å². The van der Waals surface area contributed by atoms with Gasteiger partial charge in [-0.2, -0.15) is 0 Å². The molecule has 0 aliphatic heterocycles. The fourth-order valence-corrected chi connectivity index (χ4v) is 10.2. The summed E-state index contributed by atoms with van der Waals surface area (Å²) >= 11 is 0. The standard InChI is InChI=1S/C55H37N3O/c1-54(2)43-25-10-12-27-45(43)55(46-28-13-11-26-44(46)54)42-32-31-36(37-22-15-23-39-38-21-9-14-30-48(38)59-50(37)39)33-41(42)49-40(24-16-29-47(49)55)53-57-51(34-17-5-3-6-18-34)56-52(58-53)35-19-7-4-8-20-35/h3-33H,1-2H3. The lowest BCUT2D eigenvalue weighted by atomic mass is 9.55. The molecule has 0 saturated carbocycles. The highest BCUT2D eigenvalue weighted by Crippen LogP contribution is 2.63. The molecule has 2 aromatic heterocycles. The third kappa shape index (κ3) is 4.74. The van der Waals surface area contributed by atoms with Crippen LogP contribution in [0.25, 0.3) is 78.4 Å². The van der Waals surface area contributed by atoms with Crippen LogP contribution in [-0.4, -0.2) is 15.0 Å². The summed E-state index contributed by atoms with van der Waals surface area (Å²) in [5, 5.41) is 2.23. The van der Waals surface area contributed by atoms with Gasteiger partial charge in [0.15, 0.2) is 17.5 Å². The molecule has 59 heavy (non-hydrogen) atoms. The number of para-hydroxylation sites is 2. The molecule has 0 atom stereocenters. The first-order valence-electron chi connectivity index (χ1n) is 20.3. The van der Waals surface area contributed by atoms with E-state index in [2.05, 4.69) is 159 Å². The molecule has 0 bridgehead atoms. The van der Waals surface area contributed by atoms with Crippen molar-refractivity contribution in [2.75, 3.05) is 0 Å². The summed E-state index contributed by atoms with van der Waals surface area (Å²) in [5.74, 6) is 1.92. The number of hydrogen-bond donors (Lipinski definition) is 0. The zero-order valence-corrected chi connectivity index (χ0v) is 32.6. The van der Waals surface area contributed by atoms with Gasteiger partial charge in [-0.3, -0.25) is 0 Å². The Morgan fingerprint density at radius 2 is 0.898 bits per heavy atom. The molecule has 278 valence electrons. The summed E-state index contributed by atoms with van der Waals surface area (Å²) in [5.41, 5.74) is 16.0. The Balaban J connectivity index is 1.19. The molecular formula is C55H37N3O. The van der Waals surface area contributed by atoms with Crippen LogP contribution >= 0.6 is 0 Å². The first kappa shape index (κ1) is 33.7. The fraction of sp³-hybridized carbons (Fsp3) is 0.0727. The summed E-state index contributed by atoms with van der Waals surface area (Å²) in [7, 11) is 0. The van der Waals surface area contributed by atoms with Gasteiger partial charge >= 0.3 is 0 Å². The quantitative estimate of drug-likeness (QED) is 0.179. The maximum atomic E-state index is 6.63. The zero-order chi connectivity index (χ0) is 39.3. The van der Waals surface area contributed by atoms with Crippen LogP contribution in [0.5, 0.6) is 0 Å². The number of aromatic nitrogens is 3. The van der Waals surface area contributed by atoms with Crippen LogP contribution in [0.3, 0.4) is 0 Å². The van der Waals surface area contributed by atoms with E-state index in [0.29, 0.717) is 17.5 Å². The Morgan fingerprint density at radius 3 is 1.58 bits per heavy atom. The van der Waals surface area contributed by atoms with Crippen LogP contribution in [0.4, 0.5) is 0 Å². The number of furan rings is 1. The van der Waals surface area contributed by atoms with Crippen LogP contribution in [0, 0.1) is 0 Å². The predicted molar refractivity (Wildman–Crippen MR) is 238 cm³/mol. The molecule has 0 saturated heterocycles. The molecule has 12 rings (SSSR count). The van der Waals surface area contributed by atoms with E-state index in [4.69, 9.17) is 19.4 Å². The van der Waals surface area contributed by atoms with Crippen LogP contribution in [0.15, 0.2) is 192 Å². The summed E-state index contributed by atoms with van der Waals surface area (Å²) in [6, 6.07) is 67.1. The number of rotatable bonds is 4. The lowest BCUT2D eigenvalue weighted by Crippen LogP contribution is -2.40. The van der Waals surface area contributed by atoms with Gasteiger partial charge in [-0.25, -0.2) is 15.0 Å². The average Bonchev–Trinajstić information content (AvgIpc) is 3.83. The van der Waals surface area contributed by atoms with E-state index >= 15 is 0 Å². The highest BCUT2D eigenvalue weighted by molar-refractivity contribution is 6.10. The van der Waals surface area contributed by atoms with Crippen molar-refractivity contribution in [3.05, 3.63) is 221 Å². The third-order valence-electron chi connectivity index (χ3n) is 12.8. The summed E-state index contributed by atoms with van der Waals surface area (Å²) in [6.07, 6.45) is 0. The zero-order valence-electron chi connectivity index (χ0n) is 32.6. The van der Waals surface area contributed by atoms with E-state index < -0.39 is 5.41 Å². The molecule has 0 N–H and O–H groups in total. The molecule has 1 spiro atoms. The summed E-state index contributed by atoms with van der Waals surface area (Å²) in [4.78, 5) is 15.7. The highest BCUT2D eigenvalue weighted by atomic mass is 16.3. The average molecular weight is 756 g/mol. The molecule has 0 amide bonds. The van der Waals surface area contributed by atoms with Crippen molar-refractivity contribution >= 4 is 21.9 Å². The molecule has 0 radical (unpaired) electrons. The fourth-order valence-electron chi connectivity index (χ4n) is 10.2. The van der Waals surface area contributed by atoms with E-state index in [9.17, 15) is 0 Å². The molecule has 4 nitrogen and oxygen atoms in total. The van der Waals surface area contributed by atoms with Crippen molar-refractivity contribution in [1.29, 1.82) is 0 Å². The number of nitrogens with zero attached hydrogens (tertiary/aromatic N) is 3. The molecule has 2 aliphatic carbocycles. The van der Waals surface area contributed by atoms with Gasteiger partial charge in [-0.1, -0.05) is 190 Å². The normalized spacial score (nSPS) is 14.2. The minimum atomic E-state index is -0.592. The van der Waals surface area contributed by atoms with Gasteiger partial charge in [0.25, 0.3) is 0 Å². The number of fused-ring (bicyclic) bond motifs is 12. The van der Waals surface area contributed by atoms with Gasteiger partial charge in [-0.15, -0.1) is 0 Å². The van der Waals surface area contributed by atoms with Gasteiger partial charge in [0.05, 0.1) is 5.41 Å². The minimum absolute atomic E-state index is 0.209. The van der Waals surface area contributed by atoms with Crippen LogP contribution in [0.1, 0.15) is 47.2 Å². The van der Waals surface area contributed by atoms with Gasteiger partial charge in [-0.05, 0) is 62.2 Å². The van der Waals surface area contributed by atoms with Gasteiger partial charge in [0.2, 0.25) is 0 Å². The summed E-state index contributed by atoms with van der Waals surface area (Å²) in [6.45, 7) is 4.73. The van der Waals surface area contributed by atoms with Gasteiger partial charge in [0.1, 0.15) is 11.2 Å². The van der Waals surface area contributed by atoms with Crippen molar-refractivity contribution in [3.8, 4) is 56.4 Å². The monoisotopic (exact) mass is 755 g/mol. The van der Waals surface area contributed by atoms with Crippen molar-refractivity contribution in [2.45, 2.75) is 24.7 Å². The largest absolute Gasteiger partial charge is 0.455 e. The van der Waals surface area contributed by atoms with Crippen LogP contribution in [-0.2, 0) is 10.8 Å². The van der Waals surface area contributed by atoms with Crippen LogP contribution < -0.4 is 0 Å². The summed E-state index contributed by atoms with van der Waals surface area (Å²) < 4.78 is 6.63. The maximum absolute atomic E-state index is 6.63. The molecule has 10 aromatic rings. The Bertz CT molecular complexity index is 3200. The first-order valence-corrected chi connectivity index (χ1v) is 20.3. The van der Waals surface area contributed by atoms with Crippen molar-refractivity contribution < 1.29 is 4.42 Å². The Morgan fingerprint density at radius 1 is 0.373 bits per heavy atom. The first-order chi connectivity index (χ1) is 29.0. The lowest BCUT2D eigenvalue weighted by Gasteiger charge is -2.46. The van der Waals surface area contributed by atoms with Gasteiger partial charge in [0, 0.05) is 38.4 Å². The minimum Gasteiger partial charge on any atom is -0.455 e. The predicted octanol–water partition coefficient (Wildman–Crippen LogP) is 13.4. The van der Waals surface area contributed by atoms with Gasteiger partial charge < -0.3 is 4.42 Å². The number of hydrogen-bond acceptors (Lipinski definition) is 4. The Hall–Kier alpha value is -7.43. The Labute approximate surface area is 342 Å². The van der Waals surface area contributed by atoms with Crippen LogP contribution in [0.2, 0.25) is 0 Å². The second-order valence-corrected chi connectivity index (χ2v) is 16.3. The van der Waals surface area contributed by atoms with Crippen molar-refractivity contribution in [1.82, 2.24) is 15.0 Å². The molecule has 2 heterocycles. The highest BCUT2D eigenvalue weighted by Gasteiger charge is 2.54. The molecule has 4 heteroatoms. The van der Waals surface area contributed by atoms with Crippen molar-refractivity contribution in [2.24, 2.45) is 0 Å². The molecular weight excluding hydrogens is 719 g/mol. The van der Waals surface area contributed by atoms with E-state index in [1.165, 1.54) is 33.4 Å². The smallest absolute Gasteiger partial charge is 0.164 e. The SMILES string of the molecule is CC1(C)c2ccccc2C2(c3ccc(-c4cccc5c4oc4ccccc45)cc3-c3c(-c4nc(-c5ccccc5)nc(-c5ccccc5)n4)cccc32)c2ccccc21. The van der Waals surface area contributed by atoms with E-state index in [1.807, 2.05) is 42.5 Å². The molecule has 8 aromatic carbocycles. The lowest BCUT2D eigenvalue weighted by molar-refractivity contribution is 0.563. The molecule has 0 fully saturated rings. The molecule has 0 unspecified atom stereocenters. The van der Waals surface area contributed by atoms with E-state index in [-0.39, 0.29) is 5.41 Å². The van der Waals surface area contributed by atoms with E-state index in [1.54, 1.807) is 0 Å². The number of benzene rings is 8. The maximum Gasteiger partial charge on any atom is 0.164 e. The molecule has 2 aliphatic rings. The third-order valence-corrected chi connectivity index (χ3v) is 12.8. The second kappa shape index (κ2) is 12.5. The second-order valence-electron chi connectivity index (χ2n) is 16.3. The van der Waals surface area contributed by atoms with Crippen molar-refractivity contribution in [3.63, 3.8) is 0 Å².